The molecule has 0 aliphatic rings. The third kappa shape index (κ3) is 4.28. The Balaban J connectivity index is 1.62. The molecule has 3 aromatic carbocycles. The van der Waals surface area contributed by atoms with E-state index in [1.807, 2.05) is 24.3 Å². The Morgan fingerprint density at radius 1 is 1.04 bits per heavy atom. The van der Waals surface area contributed by atoms with Crippen molar-refractivity contribution in [2.45, 2.75) is 13.0 Å². The molecule has 1 atom stereocenters. The number of ether oxygens (including phenoxy) is 1. The maximum atomic E-state index is 13.8. The first-order valence-corrected chi connectivity index (χ1v) is 8.35. The number of carbonyl (C=O) groups is 2. The van der Waals surface area contributed by atoms with Crippen LogP contribution in [0.1, 0.15) is 28.9 Å². The van der Waals surface area contributed by atoms with E-state index in [1.165, 1.54) is 6.07 Å². The van der Waals surface area contributed by atoms with Crippen molar-refractivity contribution in [1.29, 1.82) is 0 Å². The second kappa shape index (κ2) is 7.95. The SMILES string of the molecule is C[C@@H](NC(=O)COC(=O)c1cccc2ccccc12)c1ccc(F)cc1F. The lowest BCUT2D eigenvalue weighted by Crippen LogP contribution is -2.31. The van der Waals surface area contributed by atoms with Crippen LogP contribution in [0.3, 0.4) is 0 Å². The lowest BCUT2D eigenvalue weighted by Gasteiger charge is -2.15. The van der Waals surface area contributed by atoms with Crippen LogP contribution in [0.5, 0.6) is 0 Å². The zero-order chi connectivity index (χ0) is 19.4. The van der Waals surface area contributed by atoms with E-state index in [0.29, 0.717) is 5.56 Å². The van der Waals surface area contributed by atoms with Crippen LogP contribution in [0, 0.1) is 11.6 Å². The highest BCUT2D eigenvalue weighted by Gasteiger charge is 2.17. The van der Waals surface area contributed by atoms with Gasteiger partial charge in [-0.3, -0.25) is 4.79 Å². The minimum atomic E-state index is -0.754. The third-order valence-corrected chi connectivity index (χ3v) is 4.15. The monoisotopic (exact) mass is 369 g/mol. The fraction of sp³-hybridized carbons (Fsp3) is 0.143. The van der Waals surface area contributed by atoms with Crippen LogP contribution in [0.25, 0.3) is 10.8 Å². The van der Waals surface area contributed by atoms with Gasteiger partial charge in [-0.1, -0.05) is 42.5 Å². The summed E-state index contributed by atoms with van der Waals surface area (Å²) < 4.78 is 31.8. The molecule has 0 bridgehead atoms. The first-order valence-electron chi connectivity index (χ1n) is 8.35. The first kappa shape index (κ1) is 18.5. The fourth-order valence-corrected chi connectivity index (χ4v) is 2.83. The molecule has 6 heteroatoms. The van der Waals surface area contributed by atoms with Crippen LogP contribution in [-0.4, -0.2) is 18.5 Å². The number of amides is 1. The van der Waals surface area contributed by atoms with Crippen LogP contribution in [0.2, 0.25) is 0 Å². The summed E-state index contributed by atoms with van der Waals surface area (Å²) in [6.45, 7) is 1.05. The van der Waals surface area contributed by atoms with Gasteiger partial charge >= 0.3 is 5.97 Å². The Hall–Kier alpha value is -3.28. The van der Waals surface area contributed by atoms with Gasteiger partial charge in [0.2, 0.25) is 0 Å². The van der Waals surface area contributed by atoms with Gasteiger partial charge in [0.1, 0.15) is 11.6 Å². The van der Waals surface area contributed by atoms with Crippen LogP contribution < -0.4 is 5.32 Å². The summed E-state index contributed by atoms with van der Waals surface area (Å²) in [5.41, 5.74) is 0.503. The van der Waals surface area contributed by atoms with Gasteiger partial charge < -0.3 is 10.1 Å². The Labute approximate surface area is 154 Å². The van der Waals surface area contributed by atoms with Crippen LogP contribution >= 0.6 is 0 Å². The topological polar surface area (TPSA) is 55.4 Å². The Morgan fingerprint density at radius 3 is 2.56 bits per heavy atom. The lowest BCUT2D eigenvalue weighted by atomic mass is 10.1. The number of hydrogen-bond donors (Lipinski definition) is 1. The van der Waals surface area contributed by atoms with Crippen LogP contribution in [-0.2, 0) is 9.53 Å². The minimum Gasteiger partial charge on any atom is -0.452 e. The maximum absolute atomic E-state index is 13.8. The van der Waals surface area contributed by atoms with Gasteiger partial charge in [0, 0.05) is 11.6 Å². The molecule has 0 radical (unpaired) electrons. The minimum absolute atomic E-state index is 0.144. The van der Waals surface area contributed by atoms with Gasteiger partial charge in [0.15, 0.2) is 6.61 Å². The van der Waals surface area contributed by atoms with Crippen molar-refractivity contribution in [2.75, 3.05) is 6.61 Å². The van der Waals surface area contributed by atoms with Crippen LogP contribution in [0.4, 0.5) is 8.78 Å². The summed E-state index contributed by atoms with van der Waals surface area (Å²) in [7, 11) is 0. The number of esters is 1. The number of rotatable bonds is 5. The predicted octanol–water partition coefficient (Wildman–Crippen LogP) is 4.15. The van der Waals surface area contributed by atoms with Gasteiger partial charge in [0.25, 0.3) is 5.91 Å². The molecule has 0 unspecified atom stereocenters. The molecule has 3 aromatic rings. The van der Waals surface area contributed by atoms with Gasteiger partial charge in [-0.15, -0.1) is 0 Å². The van der Waals surface area contributed by atoms with E-state index in [-0.39, 0.29) is 5.56 Å². The molecule has 1 N–H and O–H groups in total. The second-order valence-corrected chi connectivity index (χ2v) is 6.06. The van der Waals surface area contributed by atoms with Crippen LogP contribution in [0.15, 0.2) is 60.7 Å². The number of nitrogens with one attached hydrogen (secondary N) is 1. The van der Waals surface area contributed by atoms with Crippen molar-refractivity contribution < 1.29 is 23.1 Å². The third-order valence-electron chi connectivity index (χ3n) is 4.15. The highest BCUT2D eigenvalue weighted by Crippen LogP contribution is 2.20. The average Bonchev–Trinajstić information content (AvgIpc) is 2.65. The number of carbonyl (C=O) groups excluding carboxylic acids is 2. The highest BCUT2D eigenvalue weighted by molar-refractivity contribution is 6.04. The smallest absolute Gasteiger partial charge is 0.339 e. The summed E-state index contributed by atoms with van der Waals surface area (Å²) in [5.74, 6) is -2.66. The summed E-state index contributed by atoms with van der Waals surface area (Å²) >= 11 is 0. The molecule has 1 amide bonds. The molecular weight excluding hydrogens is 352 g/mol. The van der Waals surface area contributed by atoms with E-state index in [0.717, 1.165) is 22.9 Å². The largest absolute Gasteiger partial charge is 0.452 e. The van der Waals surface area contributed by atoms with Crippen molar-refractivity contribution in [3.8, 4) is 0 Å². The van der Waals surface area contributed by atoms with E-state index in [1.54, 1.807) is 25.1 Å². The summed E-state index contributed by atoms with van der Waals surface area (Å²) in [6.07, 6.45) is 0. The maximum Gasteiger partial charge on any atom is 0.339 e. The normalized spacial score (nSPS) is 11.8. The van der Waals surface area contributed by atoms with Gasteiger partial charge in [0.05, 0.1) is 11.6 Å². The molecule has 27 heavy (non-hydrogen) atoms. The standard InChI is InChI=1S/C21H17F2NO3/c1-13(16-10-9-15(22)11-19(16)23)24-20(25)12-27-21(26)18-8-4-6-14-5-2-3-7-17(14)18/h2-11,13H,12H2,1H3,(H,24,25)/t13-/m1/s1. The van der Waals surface area contributed by atoms with Gasteiger partial charge in [-0.25, -0.2) is 13.6 Å². The molecule has 0 aliphatic carbocycles. The first-order chi connectivity index (χ1) is 13.0. The molecule has 0 heterocycles. The Kier molecular flexibility index (Phi) is 5.45. The Bertz CT molecular complexity index is 998. The van der Waals surface area contributed by atoms with Crippen molar-refractivity contribution in [1.82, 2.24) is 5.32 Å². The molecule has 0 fully saturated rings. The zero-order valence-electron chi connectivity index (χ0n) is 14.5. The molecule has 4 nitrogen and oxygen atoms in total. The number of fused-ring (bicyclic) bond motifs is 1. The predicted molar refractivity (Wildman–Crippen MR) is 97.1 cm³/mol. The van der Waals surface area contributed by atoms with Gasteiger partial charge in [-0.05, 0) is 29.8 Å². The van der Waals surface area contributed by atoms with E-state index in [9.17, 15) is 18.4 Å². The van der Waals surface area contributed by atoms with Crippen molar-refractivity contribution >= 4 is 22.6 Å². The fourth-order valence-electron chi connectivity index (χ4n) is 2.83. The average molecular weight is 369 g/mol. The molecule has 0 saturated carbocycles. The number of hydrogen-bond acceptors (Lipinski definition) is 3. The molecule has 0 aliphatic heterocycles. The lowest BCUT2D eigenvalue weighted by molar-refractivity contribution is -0.124. The van der Waals surface area contributed by atoms with E-state index in [4.69, 9.17) is 4.74 Å². The Morgan fingerprint density at radius 2 is 1.78 bits per heavy atom. The molecule has 138 valence electrons. The molecule has 0 spiro atoms. The molecule has 0 saturated heterocycles. The van der Waals surface area contributed by atoms with Crippen molar-refractivity contribution in [2.24, 2.45) is 0 Å². The molecule has 0 aromatic heterocycles. The summed E-state index contributed by atoms with van der Waals surface area (Å²) in [6, 6.07) is 15.0. The zero-order valence-corrected chi connectivity index (χ0v) is 14.5. The van der Waals surface area contributed by atoms with Gasteiger partial charge in [-0.2, -0.15) is 0 Å². The molecule has 3 rings (SSSR count). The quantitative estimate of drug-likeness (QED) is 0.688. The van der Waals surface area contributed by atoms with E-state index < -0.39 is 36.2 Å². The number of halogens is 2. The second-order valence-electron chi connectivity index (χ2n) is 6.06. The number of benzene rings is 3. The van der Waals surface area contributed by atoms with Crippen molar-refractivity contribution in [3.63, 3.8) is 0 Å². The van der Waals surface area contributed by atoms with Crippen molar-refractivity contribution in [3.05, 3.63) is 83.4 Å². The molecular formula is C21H17F2NO3. The summed E-state index contributed by atoms with van der Waals surface area (Å²) in [5, 5.41) is 4.14. The highest BCUT2D eigenvalue weighted by atomic mass is 19.1. The van der Waals surface area contributed by atoms with E-state index >= 15 is 0 Å². The van der Waals surface area contributed by atoms with E-state index in [2.05, 4.69) is 5.32 Å². The summed E-state index contributed by atoms with van der Waals surface area (Å²) in [4.78, 5) is 24.3.